The van der Waals surface area contributed by atoms with Gasteiger partial charge in [-0.05, 0) is 24.1 Å². The van der Waals surface area contributed by atoms with Crippen molar-refractivity contribution in [3.05, 3.63) is 41.9 Å². The number of nitrogens with one attached hydrogen (secondary N) is 1. The lowest BCUT2D eigenvalue weighted by Gasteiger charge is -2.00. The topological polar surface area (TPSA) is 29.1 Å². The first-order chi connectivity index (χ1) is 6.22. The van der Waals surface area contributed by atoms with Gasteiger partial charge >= 0.3 is 0 Å². The molecule has 0 heterocycles. The molecule has 0 saturated heterocycles. The zero-order chi connectivity index (χ0) is 9.68. The Labute approximate surface area is 82.9 Å². The molecule has 0 aromatic heterocycles. The number of carbonyl (C=O) groups is 1. The van der Waals surface area contributed by atoms with Gasteiger partial charge in [0.1, 0.15) is 0 Å². The zero-order valence-electron chi connectivity index (χ0n) is 7.22. The van der Waals surface area contributed by atoms with Gasteiger partial charge in [-0.25, -0.2) is 0 Å². The van der Waals surface area contributed by atoms with Gasteiger partial charge in [-0.15, -0.1) is 0 Å². The van der Waals surface area contributed by atoms with Gasteiger partial charge in [-0.2, -0.15) is 0 Å². The van der Waals surface area contributed by atoms with Crippen molar-refractivity contribution in [2.24, 2.45) is 0 Å². The van der Waals surface area contributed by atoms with Crippen molar-refractivity contribution in [3.63, 3.8) is 0 Å². The first-order valence-electron chi connectivity index (χ1n) is 4.03. The van der Waals surface area contributed by atoms with Gasteiger partial charge in [0.25, 0.3) is 0 Å². The van der Waals surface area contributed by atoms with E-state index in [1.54, 1.807) is 0 Å². The first-order valence-corrected chi connectivity index (χ1v) is 4.40. The summed E-state index contributed by atoms with van der Waals surface area (Å²) in [6.07, 6.45) is 1.18. The molecule has 1 radical (unpaired) electrons. The van der Waals surface area contributed by atoms with E-state index in [4.69, 9.17) is 11.6 Å². The quantitative estimate of drug-likeness (QED) is 0.789. The minimum absolute atomic E-state index is 0.0463. The van der Waals surface area contributed by atoms with E-state index in [1.165, 1.54) is 0 Å². The molecule has 0 fully saturated rings. The van der Waals surface area contributed by atoms with E-state index in [9.17, 15) is 4.79 Å². The van der Waals surface area contributed by atoms with Gasteiger partial charge in [0.05, 0.1) is 0 Å². The van der Waals surface area contributed by atoms with Crippen LogP contribution in [0.5, 0.6) is 0 Å². The van der Waals surface area contributed by atoms with Crippen molar-refractivity contribution < 1.29 is 4.79 Å². The number of halogens is 1. The maximum atomic E-state index is 10.9. The fourth-order valence-electron chi connectivity index (χ4n) is 0.997. The summed E-state index contributed by atoms with van der Waals surface area (Å²) in [5, 5.41) is 3.04. The highest BCUT2D eigenvalue weighted by Gasteiger charge is 1.98. The number of benzene rings is 1. The lowest BCUT2D eigenvalue weighted by molar-refractivity contribution is -0.120. The van der Waals surface area contributed by atoms with Crippen molar-refractivity contribution in [1.82, 2.24) is 5.32 Å². The third-order valence-electron chi connectivity index (χ3n) is 1.75. The Hall–Kier alpha value is -1.02. The van der Waals surface area contributed by atoms with Crippen LogP contribution in [-0.4, -0.2) is 5.91 Å². The fourth-order valence-corrected chi connectivity index (χ4v) is 1.12. The highest BCUT2D eigenvalue weighted by Crippen LogP contribution is 2.10. The van der Waals surface area contributed by atoms with E-state index in [2.05, 4.69) is 12.4 Å². The molecule has 1 amide bonds. The van der Waals surface area contributed by atoms with Crippen LogP contribution in [0.25, 0.3) is 0 Å². The number of amides is 1. The third kappa shape index (κ3) is 3.47. The number of rotatable bonds is 3. The molecule has 0 spiro atoms. The van der Waals surface area contributed by atoms with Crippen molar-refractivity contribution in [1.29, 1.82) is 0 Å². The van der Waals surface area contributed by atoms with Gasteiger partial charge in [0, 0.05) is 18.5 Å². The van der Waals surface area contributed by atoms with Gasteiger partial charge < -0.3 is 5.32 Å². The molecule has 2 nitrogen and oxygen atoms in total. The Kier molecular flexibility index (Phi) is 3.77. The average molecular weight is 197 g/mol. The van der Waals surface area contributed by atoms with E-state index >= 15 is 0 Å². The molecule has 1 rings (SSSR count). The van der Waals surface area contributed by atoms with Crippen LogP contribution < -0.4 is 5.32 Å². The van der Waals surface area contributed by atoms with Crippen molar-refractivity contribution in [2.45, 2.75) is 12.8 Å². The Balaban J connectivity index is 2.46. The molecule has 0 aliphatic carbocycles. The molecule has 0 unspecified atom stereocenters. The predicted molar refractivity (Wildman–Crippen MR) is 53.3 cm³/mol. The number of hydrogen-bond acceptors (Lipinski definition) is 1. The molecule has 69 valence electrons. The predicted octanol–water partition coefficient (Wildman–Crippen LogP) is 2.18. The number of hydrogen-bond donors (Lipinski definition) is 1. The minimum atomic E-state index is -0.0463. The third-order valence-corrected chi connectivity index (χ3v) is 2.00. The highest BCUT2D eigenvalue weighted by atomic mass is 35.5. The normalized spacial score (nSPS) is 9.69. The number of aryl methyl sites for hydroxylation is 1. The SMILES string of the molecule is [CH2]NC(=O)CCc1ccc(Cl)cc1. The number of carbonyl (C=O) groups excluding carboxylic acids is 1. The lowest BCUT2D eigenvalue weighted by atomic mass is 10.1. The Morgan fingerprint density at radius 3 is 2.54 bits per heavy atom. The van der Waals surface area contributed by atoms with Gasteiger partial charge in [-0.1, -0.05) is 23.7 Å². The molecule has 0 atom stereocenters. The van der Waals surface area contributed by atoms with Crippen molar-refractivity contribution >= 4 is 17.5 Å². The van der Waals surface area contributed by atoms with Crippen molar-refractivity contribution in [3.8, 4) is 0 Å². The molecule has 0 saturated carbocycles. The molecular weight excluding hydrogens is 186 g/mol. The second-order valence-electron chi connectivity index (χ2n) is 2.73. The van der Waals surface area contributed by atoms with Crippen LogP contribution in [0.15, 0.2) is 24.3 Å². The maximum Gasteiger partial charge on any atom is 0.220 e. The summed E-state index contributed by atoms with van der Waals surface area (Å²) >= 11 is 5.71. The van der Waals surface area contributed by atoms with Crippen LogP contribution in [0.4, 0.5) is 0 Å². The highest BCUT2D eigenvalue weighted by molar-refractivity contribution is 6.30. The second-order valence-corrected chi connectivity index (χ2v) is 3.16. The average Bonchev–Trinajstić information content (AvgIpc) is 2.16. The molecule has 1 aromatic rings. The van der Waals surface area contributed by atoms with Crippen LogP contribution in [0.2, 0.25) is 5.02 Å². The van der Waals surface area contributed by atoms with Gasteiger partial charge in [0.15, 0.2) is 0 Å². The maximum absolute atomic E-state index is 10.9. The molecular formula is C10H11ClNO. The summed E-state index contributed by atoms with van der Waals surface area (Å²) in [4.78, 5) is 10.9. The Bertz CT molecular complexity index is 281. The van der Waals surface area contributed by atoms with E-state index in [1.807, 2.05) is 24.3 Å². The Morgan fingerprint density at radius 2 is 2.00 bits per heavy atom. The molecule has 3 heteroatoms. The minimum Gasteiger partial charge on any atom is -0.354 e. The lowest BCUT2D eigenvalue weighted by Crippen LogP contribution is -2.15. The summed E-state index contributed by atoms with van der Waals surface area (Å²) in [5.41, 5.74) is 1.10. The first kappa shape index (κ1) is 10.1. The van der Waals surface area contributed by atoms with E-state index < -0.39 is 0 Å². The van der Waals surface area contributed by atoms with Crippen molar-refractivity contribution in [2.75, 3.05) is 0 Å². The van der Waals surface area contributed by atoms with Crippen LogP contribution in [0.3, 0.4) is 0 Å². The second kappa shape index (κ2) is 4.87. The summed E-state index contributed by atoms with van der Waals surface area (Å²) < 4.78 is 0. The van der Waals surface area contributed by atoms with E-state index in [0.29, 0.717) is 11.4 Å². The van der Waals surface area contributed by atoms with Crippen LogP contribution >= 0.6 is 11.6 Å². The smallest absolute Gasteiger partial charge is 0.220 e. The summed E-state index contributed by atoms with van der Waals surface area (Å²) in [5.74, 6) is -0.0463. The van der Waals surface area contributed by atoms with Crippen LogP contribution in [0, 0.1) is 7.05 Å². The van der Waals surface area contributed by atoms with E-state index in [0.717, 1.165) is 12.0 Å². The molecule has 0 bridgehead atoms. The monoisotopic (exact) mass is 196 g/mol. The van der Waals surface area contributed by atoms with Gasteiger partial charge in [0.2, 0.25) is 5.91 Å². The fraction of sp³-hybridized carbons (Fsp3) is 0.200. The van der Waals surface area contributed by atoms with Crippen LogP contribution in [-0.2, 0) is 11.2 Å². The summed E-state index contributed by atoms with van der Waals surface area (Å²) in [6, 6.07) is 7.47. The summed E-state index contributed by atoms with van der Waals surface area (Å²) in [7, 11) is 3.29. The molecule has 1 N–H and O–H groups in total. The molecule has 0 aliphatic heterocycles. The molecule has 0 aliphatic rings. The van der Waals surface area contributed by atoms with E-state index in [-0.39, 0.29) is 5.91 Å². The largest absolute Gasteiger partial charge is 0.354 e. The van der Waals surface area contributed by atoms with Gasteiger partial charge in [-0.3, -0.25) is 4.79 Å². The molecule has 13 heavy (non-hydrogen) atoms. The Morgan fingerprint density at radius 1 is 1.38 bits per heavy atom. The standard InChI is InChI=1S/C10H11ClNO/c1-12-10(13)7-4-8-2-5-9(11)6-3-8/h2-3,5-6H,1,4,7H2,(H,12,13). The zero-order valence-corrected chi connectivity index (χ0v) is 7.97. The summed E-state index contributed by atoms with van der Waals surface area (Å²) in [6.45, 7) is 0. The van der Waals surface area contributed by atoms with Crippen LogP contribution in [0.1, 0.15) is 12.0 Å². The molecule has 1 aromatic carbocycles.